The van der Waals surface area contributed by atoms with Gasteiger partial charge in [0.1, 0.15) is 6.61 Å². The molecule has 2 aromatic rings. The lowest BCUT2D eigenvalue weighted by molar-refractivity contribution is -0.153. The molecule has 2 amide bonds. The molecular formula is C23H26N2O5. The van der Waals surface area contributed by atoms with E-state index in [2.05, 4.69) is 4.90 Å². The summed E-state index contributed by atoms with van der Waals surface area (Å²) in [5.41, 5.74) is 1.37. The summed E-state index contributed by atoms with van der Waals surface area (Å²) in [5, 5.41) is 1.59. The zero-order chi connectivity index (χ0) is 21.5. The summed E-state index contributed by atoms with van der Waals surface area (Å²) >= 11 is 0. The number of imide groups is 1. The molecular weight excluding hydrogens is 384 g/mol. The van der Waals surface area contributed by atoms with Crippen LogP contribution in [0.3, 0.4) is 0 Å². The van der Waals surface area contributed by atoms with E-state index in [-0.39, 0.29) is 30.9 Å². The molecule has 0 aliphatic carbocycles. The number of nitrogens with zero attached hydrogens (tertiary/aromatic N) is 2. The van der Waals surface area contributed by atoms with Gasteiger partial charge >= 0.3 is 5.97 Å². The van der Waals surface area contributed by atoms with E-state index in [1.807, 2.05) is 18.2 Å². The Morgan fingerprint density at radius 3 is 2.37 bits per heavy atom. The number of morpholine rings is 1. The predicted octanol–water partition coefficient (Wildman–Crippen LogP) is 2.86. The van der Waals surface area contributed by atoms with Crippen LogP contribution in [0.1, 0.15) is 41.5 Å². The maximum absolute atomic E-state index is 13.1. The fourth-order valence-corrected chi connectivity index (χ4v) is 3.86. The van der Waals surface area contributed by atoms with Crippen LogP contribution in [0.25, 0.3) is 10.8 Å². The summed E-state index contributed by atoms with van der Waals surface area (Å²) in [4.78, 5) is 41.6. The van der Waals surface area contributed by atoms with Gasteiger partial charge in [-0.3, -0.25) is 19.3 Å². The second-order valence-corrected chi connectivity index (χ2v) is 8.61. The Balaban J connectivity index is 1.63. The van der Waals surface area contributed by atoms with Crippen LogP contribution in [-0.2, 0) is 14.3 Å². The van der Waals surface area contributed by atoms with E-state index in [1.54, 1.807) is 32.9 Å². The second-order valence-electron chi connectivity index (χ2n) is 8.61. The SMILES string of the molecule is CC(C)(C)C(=O)OCCN1C(=O)c2cccc3c(N4CCOCC4)ccc(c23)C1=O. The molecule has 7 heteroatoms. The van der Waals surface area contributed by atoms with Crippen molar-refractivity contribution in [1.29, 1.82) is 0 Å². The molecule has 7 nitrogen and oxygen atoms in total. The van der Waals surface area contributed by atoms with Crippen LogP contribution in [-0.4, -0.2) is 62.1 Å². The van der Waals surface area contributed by atoms with Gasteiger partial charge in [0.25, 0.3) is 11.8 Å². The molecule has 1 saturated heterocycles. The van der Waals surface area contributed by atoms with Gasteiger partial charge in [0.2, 0.25) is 0 Å². The molecule has 4 rings (SSSR count). The monoisotopic (exact) mass is 410 g/mol. The average molecular weight is 410 g/mol. The van der Waals surface area contributed by atoms with Crippen molar-refractivity contribution in [2.75, 3.05) is 44.4 Å². The number of hydrogen-bond acceptors (Lipinski definition) is 6. The van der Waals surface area contributed by atoms with Crippen LogP contribution in [0.4, 0.5) is 5.69 Å². The number of benzene rings is 2. The van der Waals surface area contributed by atoms with E-state index >= 15 is 0 Å². The summed E-state index contributed by atoms with van der Waals surface area (Å²) in [7, 11) is 0. The number of carbonyl (C=O) groups excluding carboxylic acids is 3. The van der Waals surface area contributed by atoms with Crippen molar-refractivity contribution in [1.82, 2.24) is 4.90 Å². The van der Waals surface area contributed by atoms with E-state index in [0.29, 0.717) is 29.7 Å². The summed E-state index contributed by atoms with van der Waals surface area (Å²) in [6.07, 6.45) is 0. The lowest BCUT2D eigenvalue weighted by atomic mass is 9.92. The van der Waals surface area contributed by atoms with Crippen LogP contribution in [0.2, 0.25) is 0 Å². The fraction of sp³-hybridized carbons (Fsp3) is 0.435. The van der Waals surface area contributed by atoms with Gasteiger partial charge in [0, 0.05) is 40.7 Å². The summed E-state index contributed by atoms with van der Waals surface area (Å²) in [6, 6.07) is 9.28. The van der Waals surface area contributed by atoms with E-state index in [0.717, 1.165) is 24.2 Å². The fourth-order valence-electron chi connectivity index (χ4n) is 3.86. The number of amides is 2. The molecule has 2 heterocycles. The second kappa shape index (κ2) is 7.72. The van der Waals surface area contributed by atoms with Crippen molar-refractivity contribution in [3.63, 3.8) is 0 Å². The molecule has 2 aliphatic heterocycles. The lowest BCUT2D eigenvalue weighted by Gasteiger charge is -2.32. The van der Waals surface area contributed by atoms with Crippen molar-refractivity contribution in [3.8, 4) is 0 Å². The Bertz CT molecular complexity index is 996. The van der Waals surface area contributed by atoms with Crippen molar-refractivity contribution < 1.29 is 23.9 Å². The third-order valence-corrected chi connectivity index (χ3v) is 5.48. The first kappa shape index (κ1) is 20.3. The zero-order valence-corrected chi connectivity index (χ0v) is 17.6. The predicted molar refractivity (Wildman–Crippen MR) is 113 cm³/mol. The third-order valence-electron chi connectivity index (χ3n) is 5.48. The minimum atomic E-state index is -0.635. The van der Waals surface area contributed by atoms with Gasteiger partial charge in [-0.25, -0.2) is 0 Å². The molecule has 0 unspecified atom stereocenters. The van der Waals surface area contributed by atoms with Gasteiger partial charge in [-0.15, -0.1) is 0 Å². The van der Waals surface area contributed by atoms with E-state index in [9.17, 15) is 14.4 Å². The Morgan fingerprint density at radius 2 is 1.70 bits per heavy atom. The topological polar surface area (TPSA) is 76.2 Å². The van der Waals surface area contributed by atoms with Crippen molar-refractivity contribution >= 4 is 34.2 Å². The number of esters is 1. The van der Waals surface area contributed by atoms with E-state index in [4.69, 9.17) is 9.47 Å². The molecule has 0 radical (unpaired) electrons. The van der Waals surface area contributed by atoms with Gasteiger partial charge < -0.3 is 14.4 Å². The Morgan fingerprint density at radius 1 is 1.03 bits per heavy atom. The molecule has 0 atom stereocenters. The maximum Gasteiger partial charge on any atom is 0.311 e. The van der Waals surface area contributed by atoms with Crippen LogP contribution in [0, 0.1) is 5.41 Å². The first-order valence-corrected chi connectivity index (χ1v) is 10.2. The van der Waals surface area contributed by atoms with Gasteiger partial charge in [-0.1, -0.05) is 12.1 Å². The smallest absolute Gasteiger partial charge is 0.311 e. The van der Waals surface area contributed by atoms with Crippen molar-refractivity contribution in [3.05, 3.63) is 41.5 Å². The van der Waals surface area contributed by atoms with Gasteiger partial charge in [0.05, 0.1) is 25.2 Å². The van der Waals surface area contributed by atoms with Gasteiger partial charge in [-0.05, 0) is 39.0 Å². The largest absolute Gasteiger partial charge is 0.463 e. The van der Waals surface area contributed by atoms with E-state index < -0.39 is 5.41 Å². The summed E-state index contributed by atoms with van der Waals surface area (Å²) in [6.45, 7) is 8.13. The molecule has 2 aromatic carbocycles. The summed E-state index contributed by atoms with van der Waals surface area (Å²) < 4.78 is 10.7. The molecule has 158 valence electrons. The van der Waals surface area contributed by atoms with E-state index in [1.165, 1.54) is 4.90 Å². The molecule has 0 saturated carbocycles. The van der Waals surface area contributed by atoms with Crippen LogP contribution < -0.4 is 4.90 Å². The highest BCUT2D eigenvalue weighted by molar-refractivity contribution is 6.26. The summed E-state index contributed by atoms with van der Waals surface area (Å²) in [5.74, 6) is -1.08. The number of hydrogen-bond donors (Lipinski definition) is 0. The number of carbonyl (C=O) groups is 3. The van der Waals surface area contributed by atoms with Gasteiger partial charge in [0.15, 0.2) is 0 Å². The molecule has 1 fully saturated rings. The first-order chi connectivity index (χ1) is 14.3. The molecule has 0 bridgehead atoms. The van der Waals surface area contributed by atoms with Crippen LogP contribution in [0.5, 0.6) is 0 Å². The molecule has 2 aliphatic rings. The van der Waals surface area contributed by atoms with Gasteiger partial charge in [-0.2, -0.15) is 0 Å². The van der Waals surface area contributed by atoms with Crippen molar-refractivity contribution in [2.24, 2.45) is 5.41 Å². The maximum atomic E-state index is 13.1. The van der Waals surface area contributed by atoms with Crippen LogP contribution in [0.15, 0.2) is 30.3 Å². The Hall–Kier alpha value is -2.93. The normalized spacial score (nSPS) is 16.9. The first-order valence-electron chi connectivity index (χ1n) is 10.2. The molecule has 0 N–H and O–H groups in total. The lowest BCUT2D eigenvalue weighted by Crippen LogP contribution is -2.43. The third kappa shape index (κ3) is 3.54. The number of rotatable bonds is 4. The average Bonchev–Trinajstić information content (AvgIpc) is 2.73. The number of ether oxygens (including phenoxy) is 2. The standard InChI is InChI=1S/C23H26N2O5/c1-23(2,3)22(28)30-14-11-25-20(26)16-6-4-5-15-18(24-9-12-29-13-10-24)8-7-17(19(15)16)21(25)27/h4-8H,9-14H2,1-3H3. The van der Waals surface area contributed by atoms with Crippen molar-refractivity contribution in [2.45, 2.75) is 20.8 Å². The Labute approximate surface area is 175 Å². The highest BCUT2D eigenvalue weighted by atomic mass is 16.5. The molecule has 0 spiro atoms. The quantitative estimate of drug-likeness (QED) is 0.570. The van der Waals surface area contributed by atoms with Crippen LogP contribution >= 0.6 is 0 Å². The number of anilines is 1. The highest BCUT2D eigenvalue weighted by Gasteiger charge is 2.34. The molecule has 0 aromatic heterocycles. The molecule has 30 heavy (non-hydrogen) atoms. The minimum Gasteiger partial charge on any atom is -0.463 e. The zero-order valence-electron chi connectivity index (χ0n) is 17.6. The minimum absolute atomic E-state index is 0.0231. The Kier molecular flexibility index (Phi) is 5.24. The highest BCUT2D eigenvalue weighted by Crippen LogP contribution is 2.36.